The normalized spacial score (nSPS) is 11.9. The summed E-state index contributed by atoms with van der Waals surface area (Å²) < 4.78 is 1.66. The van der Waals surface area contributed by atoms with Crippen molar-refractivity contribution in [3.05, 3.63) is 48.0 Å². The molecule has 2 aromatic rings. The first-order chi connectivity index (χ1) is 10.5. The molecule has 1 unspecified atom stereocenters. The Hall–Kier alpha value is -2.50. The summed E-state index contributed by atoms with van der Waals surface area (Å²) in [6.45, 7) is 4.41. The smallest absolute Gasteiger partial charge is 0.220 e. The SMILES string of the molecule is Cc1ccc(C(=O)CCC(=O)NC(C)Cn2cncn2)cc1. The molecule has 6 heteroatoms. The molecular weight excluding hydrogens is 280 g/mol. The molecule has 22 heavy (non-hydrogen) atoms. The van der Waals surface area contributed by atoms with E-state index in [1.54, 1.807) is 23.1 Å². The Balaban J connectivity index is 1.75. The number of carbonyl (C=O) groups is 2. The molecule has 1 heterocycles. The summed E-state index contributed by atoms with van der Waals surface area (Å²) in [6.07, 6.45) is 3.46. The third kappa shape index (κ3) is 4.80. The van der Waals surface area contributed by atoms with Crippen molar-refractivity contribution in [1.29, 1.82) is 0 Å². The number of aryl methyl sites for hydroxylation is 1. The molecule has 0 fully saturated rings. The van der Waals surface area contributed by atoms with E-state index < -0.39 is 0 Å². The molecule has 6 nitrogen and oxygen atoms in total. The maximum Gasteiger partial charge on any atom is 0.220 e. The van der Waals surface area contributed by atoms with Gasteiger partial charge in [-0.2, -0.15) is 5.10 Å². The Labute approximate surface area is 129 Å². The second-order valence-electron chi connectivity index (χ2n) is 5.38. The molecular formula is C16H20N4O2. The Morgan fingerprint density at radius 2 is 1.95 bits per heavy atom. The number of carbonyl (C=O) groups excluding carboxylic acids is 2. The monoisotopic (exact) mass is 300 g/mol. The predicted octanol–water partition coefficient (Wildman–Crippen LogP) is 1.75. The van der Waals surface area contributed by atoms with Crippen molar-refractivity contribution < 1.29 is 9.59 Å². The first-order valence-electron chi connectivity index (χ1n) is 7.26. The number of hydrogen-bond donors (Lipinski definition) is 1. The fourth-order valence-electron chi connectivity index (χ4n) is 2.11. The number of hydrogen-bond acceptors (Lipinski definition) is 4. The van der Waals surface area contributed by atoms with Crippen LogP contribution >= 0.6 is 0 Å². The van der Waals surface area contributed by atoms with Crippen molar-refractivity contribution >= 4 is 11.7 Å². The van der Waals surface area contributed by atoms with Crippen LogP contribution in [0.3, 0.4) is 0 Å². The van der Waals surface area contributed by atoms with E-state index in [0.717, 1.165) is 5.56 Å². The van der Waals surface area contributed by atoms with Crippen molar-refractivity contribution in [2.45, 2.75) is 39.3 Å². The predicted molar refractivity (Wildman–Crippen MR) is 82.4 cm³/mol. The van der Waals surface area contributed by atoms with Gasteiger partial charge in [0.2, 0.25) is 5.91 Å². The standard InChI is InChI=1S/C16H20N4O2/c1-12-3-5-14(6-4-12)15(21)7-8-16(22)19-13(2)9-20-11-17-10-18-20/h3-6,10-11,13H,7-9H2,1-2H3,(H,19,22). The second-order valence-corrected chi connectivity index (χ2v) is 5.38. The fourth-order valence-corrected chi connectivity index (χ4v) is 2.11. The Morgan fingerprint density at radius 3 is 2.59 bits per heavy atom. The van der Waals surface area contributed by atoms with Crippen LogP contribution in [0.5, 0.6) is 0 Å². The molecule has 1 N–H and O–H groups in total. The zero-order valence-electron chi connectivity index (χ0n) is 12.8. The van der Waals surface area contributed by atoms with Gasteiger partial charge in [0.25, 0.3) is 0 Å². The van der Waals surface area contributed by atoms with Gasteiger partial charge in [0.15, 0.2) is 5.78 Å². The van der Waals surface area contributed by atoms with Gasteiger partial charge in [-0.25, -0.2) is 4.98 Å². The molecule has 0 aliphatic heterocycles. The molecule has 0 aliphatic rings. The van der Waals surface area contributed by atoms with Crippen molar-refractivity contribution in [1.82, 2.24) is 20.1 Å². The van der Waals surface area contributed by atoms with Gasteiger partial charge >= 0.3 is 0 Å². The minimum atomic E-state index is -0.131. The number of nitrogens with zero attached hydrogens (tertiary/aromatic N) is 3. The number of aromatic nitrogens is 3. The summed E-state index contributed by atoms with van der Waals surface area (Å²) in [5.41, 5.74) is 1.75. The van der Waals surface area contributed by atoms with Crippen LogP contribution in [0.4, 0.5) is 0 Å². The minimum Gasteiger partial charge on any atom is -0.352 e. The van der Waals surface area contributed by atoms with Crippen LogP contribution in [0.2, 0.25) is 0 Å². The summed E-state index contributed by atoms with van der Waals surface area (Å²) in [4.78, 5) is 27.7. The summed E-state index contributed by atoms with van der Waals surface area (Å²) in [5.74, 6) is -0.146. The molecule has 0 spiro atoms. The zero-order valence-corrected chi connectivity index (χ0v) is 12.8. The van der Waals surface area contributed by atoms with Gasteiger partial charge in [0.05, 0.1) is 6.54 Å². The fraction of sp³-hybridized carbons (Fsp3) is 0.375. The molecule has 0 saturated carbocycles. The van der Waals surface area contributed by atoms with Gasteiger partial charge in [0.1, 0.15) is 12.7 Å². The molecule has 1 aromatic carbocycles. The molecule has 0 bridgehead atoms. The Morgan fingerprint density at radius 1 is 1.23 bits per heavy atom. The van der Waals surface area contributed by atoms with Gasteiger partial charge in [-0.1, -0.05) is 29.8 Å². The largest absolute Gasteiger partial charge is 0.352 e. The Bertz CT molecular complexity index is 620. The molecule has 0 aliphatic carbocycles. The van der Waals surface area contributed by atoms with Crippen molar-refractivity contribution in [3.63, 3.8) is 0 Å². The van der Waals surface area contributed by atoms with Gasteiger partial charge in [-0.15, -0.1) is 0 Å². The number of Topliss-reactive ketones (excluding diaryl/α,β-unsaturated/α-hetero) is 1. The van der Waals surface area contributed by atoms with Gasteiger partial charge in [-0.05, 0) is 13.8 Å². The van der Waals surface area contributed by atoms with Crippen molar-refractivity contribution in [2.75, 3.05) is 0 Å². The van der Waals surface area contributed by atoms with E-state index in [4.69, 9.17) is 0 Å². The van der Waals surface area contributed by atoms with Crippen LogP contribution in [0.25, 0.3) is 0 Å². The highest BCUT2D eigenvalue weighted by molar-refractivity contribution is 5.97. The van der Waals surface area contributed by atoms with Crippen molar-refractivity contribution in [3.8, 4) is 0 Å². The van der Waals surface area contributed by atoms with Crippen LogP contribution in [0, 0.1) is 6.92 Å². The molecule has 0 radical (unpaired) electrons. The number of rotatable bonds is 7. The molecule has 1 aromatic heterocycles. The van der Waals surface area contributed by atoms with E-state index in [1.807, 2.05) is 26.0 Å². The highest BCUT2D eigenvalue weighted by atomic mass is 16.2. The second kappa shape index (κ2) is 7.49. The van der Waals surface area contributed by atoms with E-state index in [1.165, 1.54) is 6.33 Å². The number of nitrogens with one attached hydrogen (secondary N) is 1. The van der Waals surface area contributed by atoms with Crippen LogP contribution in [0.15, 0.2) is 36.9 Å². The van der Waals surface area contributed by atoms with E-state index in [9.17, 15) is 9.59 Å². The molecule has 2 rings (SSSR count). The van der Waals surface area contributed by atoms with E-state index >= 15 is 0 Å². The molecule has 1 amide bonds. The number of amides is 1. The maximum absolute atomic E-state index is 12.0. The van der Waals surface area contributed by atoms with E-state index in [-0.39, 0.29) is 30.6 Å². The minimum absolute atomic E-state index is 0.0147. The van der Waals surface area contributed by atoms with Crippen LogP contribution in [-0.2, 0) is 11.3 Å². The average molecular weight is 300 g/mol. The van der Waals surface area contributed by atoms with E-state index in [2.05, 4.69) is 15.4 Å². The van der Waals surface area contributed by atoms with Crippen LogP contribution < -0.4 is 5.32 Å². The molecule has 1 atom stereocenters. The molecule has 116 valence electrons. The summed E-state index contributed by atoms with van der Waals surface area (Å²) >= 11 is 0. The summed E-state index contributed by atoms with van der Waals surface area (Å²) in [5, 5.41) is 6.84. The number of ketones is 1. The summed E-state index contributed by atoms with van der Waals surface area (Å²) in [7, 11) is 0. The number of benzene rings is 1. The lowest BCUT2D eigenvalue weighted by molar-refractivity contribution is -0.121. The summed E-state index contributed by atoms with van der Waals surface area (Å²) in [6, 6.07) is 7.32. The van der Waals surface area contributed by atoms with Crippen LogP contribution in [0.1, 0.15) is 35.7 Å². The van der Waals surface area contributed by atoms with Gasteiger partial charge < -0.3 is 5.32 Å². The highest BCUT2D eigenvalue weighted by Gasteiger charge is 2.12. The third-order valence-electron chi connectivity index (χ3n) is 3.29. The quantitative estimate of drug-likeness (QED) is 0.790. The average Bonchev–Trinajstić information content (AvgIpc) is 2.98. The molecule has 0 saturated heterocycles. The third-order valence-corrected chi connectivity index (χ3v) is 3.29. The first-order valence-corrected chi connectivity index (χ1v) is 7.26. The lowest BCUT2D eigenvalue weighted by atomic mass is 10.0. The highest BCUT2D eigenvalue weighted by Crippen LogP contribution is 2.07. The van der Waals surface area contributed by atoms with Crippen LogP contribution in [-0.4, -0.2) is 32.5 Å². The van der Waals surface area contributed by atoms with Crippen molar-refractivity contribution in [2.24, 2.45) is 0 Å². The van der Waals surface area contributed by atoms with Gasteiger partial charge in [0, 0.05) is 24.4 Å². The van der Waals surface area contributed by atoms with E-state index in [0.29, 0.717) is 12.1 Å². The van der Waals surface area contributed by atoms with Gasteiger partial charge in [-0.3, -0.25) is 14.3 Å². The Kier molecular flexibility index (Phi) is 5.41. The maximum atomic E-state index is 12.0. The lowest BCUT2D eigenvalue weighted by Gasteiger charge is -2.13. The zero-order chi connectivity index (χ0) is 15.9. The lowest BCUT2D eigenvalue weighted by Crippen LogP contribution is -2.35. The first kappa shape index (κ1) is 15.9. The topological polar surface area (TPSA) is 76.9 Å².